The normalized spacial score (nSPS) is 10.8. The molecule has 0 saturated carbocycles. The number of oxazole rings is 1. The zero-order valence-corrected chi connectivity index (χ0v) is 11.5. The van der Waals surface area contributed by atoms with Gasteiger partial charge in [0.2, 0.25) is 0 Å². The molecule has 0 saturated heterocycles. The first-order chi connectivity index (χ1) is 9.72. The molecule has 1 aromatic heterocycles. The number of aromatic nitrogens is 1. The lowest BCUT2D eigenvalue weighted by molar-refractivity contribution is 0.614. The Morgan fingerprint density at radius 3 is 2.70 bits per heavy atom. The van der Waals surface area contributed by atoms with Gasteiger partial charge in [0.25, 0.3) is 6.01 Å². The average molecular weight is 288 g/mol. The lowest BCUT2D eigenvalue weighted by Gasteiger charge is -2.02. The summed E-state index contributed by atoms with van der Waals surface area (Å²) in [6, 6.07) is 13.8. The average Bonchev–Trinajstić information content (AvgIpc) is 2.85. The van der Waals surface area contributed by atoms with E-state index in [1.54, 1.807) is 0 Å². The van der Waals surface area contributed by atoms with Gasteiger partial charge in [-0.05, 0) is 36.2 Å². The van der Waals surface area contributed by atoms with Crippen LogP contribution in [0.3, 0.4) is 0 Å². The topological polar surface area (TPSA) is 64.1 Å². The van der Waals surface area contributed by atoms with Crippen LogP contribution >= 0.6 is 11.6 Å². The lowest BCUT2D eigenvalue weighted by atomic mass is 10.1. The molecule has 102 valence electrons. The molecule has 3 aromatic rings. The van der Waals surface area contributed by atoms with Crippen LogP contribution in [0.1, 0.15) is 5.56 Å². The van der Waals surface area contributed by atoms with Crippen molar-refractivity contribution in [3.63, 3.8) is 0 Å². The van der Waals surface area contributed by atoms with Crippen molar-refractivity contribution < 1.29 is 4.42 Å². The number of para-hydroxylation sites is 1. The maximum atomic E-state index is 5.85. The second kappa shape index (κ2) is 5.43. The van der Waals surface area contributed by atoms with Crippen LogP contribution < -0.4 is 11.1 Å². The molecule has 3 N–H and O–H groups in total. The molecule has 0 fully saturated rings. The van der Waals surface area contributed by atoms with Gasteiger partial charge in [-0.2, -0.15) is 4.98 Å². The van der Waals surface area contributed by atoms with Crippen LogP contribution in [0.15, 0.2) is 46.9 Å². The summed E-state index contributed by atoms with van der Waals surface area (Å²) in [5, 5.41) is 3.90. The number of halogens is 1. The molecule has 0 radical (unpaired) electrons. The zero-order chi connectivity index (χ0) is 13.9. The molecule has 2 aromatic carbocycles. The second-order valence-corrected chi connectivity index (χ2v) is 4.95. The Bertz CT molecular complexity index is 722. The van der Waals surface area contributed by atoms with Gasteiger partial charge in [-0.15, -0.1) is 0 Å². The van der Waals surface area contributed by atoms with E-state index in [4.69, 9.17) is 21.8 Å². The Labute approximate surface area is 121 Å². The van der Waals surface area contributed by atoms with Crippen LogP contribution in [0, 0.1) is 0 Å². The SMILES string of the molecule is Nc1cccc2oc(NCCc3ccc(Cl)cc3)nc12. The van der Waals surface area contributed by atoms with Crippen molar-refractivity contribution in [3.05, 3.63) is 53.1 Å². The second-order valence-electron chi connectivity index (χ2n) is 4.52. The molecule has 0 aliphatic carbocycles. The summed E-state index contributed by atoms with van der Waals surface area (Å²) in [5.74, 6) is 0. The minimum atomic E-state index is 0.492. The zero-order valence-electron chi connectivity index (χ0n) is 10.8. The molecule has 0 aliphatic rings. The number of rotatable bonds is 4. The van der Waals surface area contributed by atoms with Gasteiger partial charge in [0.05, 0.1) is 5.69 Å². The van der Waals surface area contributed by atoms with E-state index in [9.17, 15) is 0 Å². The van der Waals surface area contributed by atoms with E-state index in [0.717, 1.165) is 18.0 Å². The molecule has 0 unspecified atom stereocenters. The van der Waals surface area contributed by atoms with Gasteiger partial charge in [0.15, 0.2) is 5.58 Å². The molecule has 20 heavy (non-hydrogen) atoms. The summed E-state index contributed by atoms with van der Waals surface area (Å²) in [7, 11) is 0. The summed E-state index contributed by atoms with van der Waals surface area (Å²) >= 11 is 5.85. The molecule has 0 aliphatic heterocycles. The third-order valence-electron chi connectivity index (χ3n) is 3.05. The number of nitrogens with one attached hydrogen (secondary N) is 1. The summed E-state index contributed by atoms with van der Waals surface area (Å²) in [6.07, 6.45) is 0.866. The van der Waals surface area contributed by atoms with Gasteiger partial charge in [-0.1, -0.05) is 29.8 Å². The maximum Gasteiger partial charge on any atom is 0.295 e. The first kappa shape index (κ1) is 12.8. The van der Waals surface area contributed by atoms with E-state index in [0.29, 0.717) is 22.8 Å². The Balaban J connectivity index is 1.65. The van der Waals surface area contributed by atoms with Crippen molar-refractivity contribution >= 4 is 34.4 Å². The highest BCUT2D eigenvalue weighted by molar-refractivity contribution is 6.30. The van der Waals surface area contributed by atoms with Crippen molar-refractivity contribution in [1.29, 1.82) is 0 Å². The van der Waals surface area contributed by atoms with Crippen LogP contribution in [-0.2, 0) is 6.42 Å². The highest BCUT2D eigenvalue weighted by Gasteiger charge is 2.07. The van der Waals surface area contributed by atoms with Gasteiger partial charge in [0.1, 0.15) is 5.52 Å². The fraction of sp³-hybridized carbons (Fsp3) is 0.133. The third kappa shape index (κ3) is 2.70. The van der Waals surface area contributed by atoms with E-state index >= 15 is 0 Å². The van der Waals surface area contributed by atoms with Crippen molar-refractivity contribution in [2.45, 2.75) is 6.42 Å². The predicted molar refractivity (Wildman–Crippen MR) is 82.1 cm³/mol. The molecule has 0 bridgehead atoms. The summed E-state index contributed by atoms with van der Waals surface area (Å²) in [4.78, 5) is 4.33. The molecule has 0 amide bonds. The Kier molecular flexibility index (Phi) is 3.48. The maximum absolute atomic E-state index is 5.85. The summed E-state index contributed by atoms with van der Waals surface area (Å²) < 4.78 is 5.58. The Morgan fingerprint density at radius 1 is 1.15 bits per heavy atom. The minimum Gasteiger partial charge on any atom is -0.423 e. The molecule has 1 heterocycles. The number of fused-ring (bicyclic) bond motifs is 1. The number of nitrogen functional groups attached to an aromatic ring is 1. The van der Waals surface area contributed by atoms with Crippen LogP contribution in [0.2, 0.25) is 5.02 Å². The predicted octanol–water partition coefficient (Wildman–Crippen LogP) is 3.72. The van der Waals surface area contributed by atoms with Crippen LogP contribution in [0.25, 0.3) is 11.1 Å². The van der Waals surface area contributed by atoms with Crippen molar-refractivity contribution in [1.82, 2.24) is 4.98 Å². The largest absolute Gasteiger partial charge is 0.423 e. The van der Waals surface area contributed by atoms with E-state index in [-0.39, 0.29) is 0 Å². The van der Waals surface area contributed by atoms with Gasteiger partial charge in [-0.25, -0.2) is 0 Å². The molecule has 0 spiro atoms. The van der Waals surface area contributed by atoms with E-state index in [1.807, 2.05) is 42.5 Å². The monoisotopic (exact) mass is 287 g/mol. The Hall–Kier alpha value is -2.20. The van der Waals surface area contributed by atoms with Crippen LogP contribution in [-0.4, -0.2) is 11.5 Å². The molecule has 0 atom stereocenters. The van der Waals surface area contributed by atoms with E-state index < -0.39 is 0 Å². The standard InChI is InChI=1S/C15H14ClN3O/c16-11-6-4-10(5-7-11)8-9-18-15-19-14-12(17)2-1-3-13(14)20-15/h1-7H,8-9,17H2,(H,18,19). The molecule has 4 nitrogen and oxygen atoms in total. The Morgan fingerprint density at radius 2 is 1.95 bits per heavy atom. The first-order valence-electron chi connectivity index (χ1n) is 6.36. The highest BCUT2D eigenvalue weighted by Crippen LogP contribution is 2.23. The quantitative estimate of drug-likeness (QED) is 0.718. The number of hydrogen-bond acceptors (Lipinski definition) is 4. The third-order valence-corrected chi connectivity index (χ3v) is 3.31. The molecular formula is C15H14ClN3O. The fourth-order valence-corrected chi connectivity index (χ4v) is 2.14. The summed E-state index contributed by atoms with van der Waals surface area (Å²) in [5.41, 5.74) is 9.06. The van der Waals surface area contributed by atoms with Gasteiger partial charge in [-0.3, -0.25) is 0 Å². The minimum absolute atomic E-state index is 0.492. The lowest BCUT2D eigenvalue weighted by Crippen LogP contribution is -2.04. The molecule has 5 heteroatoms. The van der Waals surface area contributed by atoms with Gasteiger partial charge >= 0.3 is 0 Å². The molecule has 3 rings (SSSR count). The van der Waals surface area contributed by atoms with E-state index in [1.165, 1.54) is 5.56 Å². The van der Waals surface area contributed by atoms with Gasteiger partial charge in [0, 0.05) is 11.6 Å². The summed E-state index contributed by atoms with van der Waals surface area (Å²) in [6.45, 7) is 0.731. The van der Waals surface area contributed by atoms with Crippen molar-refractivity contribution in [2.75, 3.05) is 17.6 Å². The number of anilines is 2. The van der Waals surface area contributed by atoms with Crippen molar-refractivity contribution in [2.24, 2.45) is 0 Å². The molecular weight excluding hydrogens is 274 g/mol. The number of nitrogens with two attached hydrogens (primary N) is 1. The number of benzene rings is 2. The number of hydrogen-bond donors (Lipinski definition) is 2. The van der Waals surface area contributed by atoms with Crippen LogP contribution in [0.5, 0.6) is 0 Å². The highest BCUT2D eigenvalue weighted by atomic mass is 35.5. The van der Waals surface area contributed by atoms with E-state index in [2.05, 4.69) is 10.3 Å². The number of nitrogens with zero attached hydrogens (tertiary/aromatic N) is 1. The van der Waals surface area contributed by atoms with Crippen molar-refractivity contribution in [3.8, 4) is 0 Å². The first-order valence-corrected chi connectivity index (χ1v) is 6.73. The fourth-order valence-electron chi connectivity index (χ4n) is 2.01. The van der Waals surface area contributed by atoms with Gasteiger partial charge < -0.3 is 15.5 Å². The van der Waals surface area contributed by atoms with Crippen LogP contribution in [0.4, 0.5) is 11.7 Å². The smallest absolute Gasteiger partial charge is 0.295 e.